The molecule has 3 heteroatoms. The first-order valence-electron chi connectivity index (χ1n) is 5.37. The normalized spacial score (nSPS) is 33.1. The third kappa shape index (κ3) is 1.43. The zero-order valence-electron chi connectivity index (χ0n) is 8.66. The van der Waals surface area contributed by atoms with Gasteiger partial charge in [-0.2, -0.15) is 0 Å². The lowest BCUT2D eigenvalue weighted by molar-refractivity contribution is -0.125. The summed E-state index contributed by atoms with van der Waals surface area (Å²) < 4.78 is 0. The van der Waals surface area contributed by atoms with E-state index in [0.29, 0.717) is 12.0 Å². The van der Waals surface area contributed by atoms with Crippen LogP contribution in [0.25, 0.3) is 0 Å². The van der Waals surface area contributed by atoms with Gasteiger partial charge < -0.3 is 0 Å². The molecule has 0 spiro atoms. The Labute approximate surface area is 88.8 Å². The summed E-state index contributed by atoms with van der Waals surface area (Å²) in [7, 11) is 0. The highest BCUT2D eigenvalue weighted by Crippen LogP contribution is 2.49. The smallest absolute Gasteiger partial charge is 0.237 e. The minimum atomic E-state index is 0.156. The van der Waals surface area contributed by atoms with Crippen LogP contribution < -0.4 is 10.9 Å². The summed E-state index contributed by atoms with van der Waals surface area (Å²) in [5, 5.41) is 0. The van der Waals surface area contributed by atoms with Gasteiger partial charge in [-0.25, -0.2) is 5.43 Å². The molecule has 0 aromatic heterocycles. The van der Waals surface area contributed by atoms with Crippen LogP contribution in [-0.4, -0.2) is 5.91 Å². The number of rotatable bonds is 1. The summed E-state index contributed by atoms with van der Waals surface area (Å²) in [5.41, 5.74) is 8.38. The van der Waals surface area contributed by atoms with Gasteiger partial charge in [-0.1, -0.05) is 29.8 Å². The predicted octanol–water partition coefficient (Wildman–Crippen LogP) is 1.31. The van der Waals surface area contributed by atoms with E-state index in [1.54, 1.807) is 0 Å². The first-order chi connectivity index (χ1) is 7.25. The van der Waals surface area contributed by atoms with Gasteiger partial charge in [0.2, 0.25) is 5.91 Å². The van der Waals surface area contributed by atoms with Crippen LogP contribution in [0, 0.1) is 18.8 Å². The molecule has 1 saturated carbocycles. The Bertz CT molecular complexity index is 399. The second-order valence-electron chi connectivity index (χ2n) is 4.53. The monoisotopic (exact) mass is 202 g/mol. The molecule has 3 rings (SSSR count). The van der Waals surface area contributed by atoms with E-state index < -0.39 is 0 Å². The molecule has 15 heavy (non-hydrogen) atoms. The molecular weight excluding hydrogens is 188 g/mol. The largest absolute Gasteiger partial charge is 0.291 e. The zero-order valence-corrected chi connectivity index (χ0v) is 8.66. The van der Waals surface area contributed by atoms with E-state index in [4.69, 9.17) is 0 Å². The lowest BCUT2D eigenvalue weighted by Gasteiger charge is -2.24. The van der Waals surface area contributed by atoms with E-state index in [1.165, 1.54) is 11.1 Å². The number of fused-ring (bicyclic) bond motifs is 1. The van der Waals surface area contributed by atoms with Gasteiger partial charge in [0.15, 0.2) is 0 Å². The summed E-state index contributed by atoms with van der Waals surface area (Å²) in [4.78, 5) is 11.3. The number of hydrazine groups is 1. The zero-order chi connectivity index (χ0) is 10.4. The van der Waals surface area contributed by atoms with Crippen LogP contribution in [0.1, 0.15) is 23.6 Å². The Morgan fingerprint density at radius 2 is 2.00 bits per heavy atom. The lowest BCUT2D eigenvalue weighted by atomic mass is 9.99. The topological polar surface area (TPSA) is 41.1 Å². The van der Waals surface area contributed by atoms with Crippen LogP contribution in [0.15, 0.2) is 24.3 Å². The van der Waals surface area contributed by atoms with Crippen LogP contribution in [0.3, 0.4) is 0 Å². The Hall–Kier alpha value is -1.35. The van der Waals surface area contributed by atoms with Crippen molar-refractivity contribution in [2.45, 2.75) is 19.4 Å². The molecule has 1 saturated heterocycles. The predicted molar refractivity (Wildman–Crippen MR) is 56.8 cm³/mol. The van der Waals surface area contributed by atoms with Crippen molar-refractivity contribution in [2.24, 2.45) is 11.8 Å². The standard InChI is InChI=1S/C12H14N2O/c1-7-2-4-8(5-3-7)11-9-6-10(9)12(15)14-13-11/h2-5,9-11,13H,6H2,1H3,(H,14,15)/t9-,10+,11-/m0/s1. The van der Waals surface area contributed by atoms with E-state index in [2.05, 4.69) is 42.0 Å². The van der Waals surface area contributed by atoms with Gasteiger partial charge in [0.25, 0.3) is 0 Å². The highest BCUT2D eigenvalue weighted by molar-refractivity contribution is 5.82. The van der Waals surface area contributed by atoms with Crippen molar-refractivity contribution >= 4 is 5.91 Å². The number of hydrogen-bond acceptors (Lipinski definition) is 2. The lowest BCUT2D eigenvalue weighted by Crippen LogP contribution is -2.46. The molecular formula is C12H14N2O. The van der Waals surface area contributed by atoms with Gasteiger partial charge in [-0.3, -0.25) is 10.2 Å². The summed E-state index contributed by atoms with van der Waals surface area (Å²) in [6, 6.07) is 8.81. The maximum atomic E-state index is 11.3. The van der Waals surface area contributed by atoms with Crippen molar-refractivity contribution in [3.8, 4) is 0 Å². The van der Waals surface area contributed by atoms with Crippen LogP contribution in [-0.2, 0) is 4.79 Å². The van der Waals surface area contributed by atoms with E-state index in [9.17, 15) is 4.79 Å². The first-order valence-corrected chi connectivity index (χ1v) is 5.37. The number of benzene rings is 1. The van der Waals surface area contributed by atoms with Gasteiger partial charge >= 0.3 is 0 Å². The quantitative estimate of drug-likeness (QED) is 0.721. The van der Waals surface area contributed by atoms with Crippen molar-refractivity contribution in [1.29, 1.82) is 0 Å². The molecule has 2 aliphatic rings. The summed E-state index contributed by atoms with van der Waals surface area (Å²) in [6.07, 6.45) is 1.03. The number of aryl methyl sites for hydroxylation is 1. The maximum absolute atomic E-state index is 11.3. The van der Waals surface area contributed by atoms with E-state index in [0.717, 1.165) is 6.42 Å². The number of nitrogens with one attached hydrogen (secondary N) is 2. The first kappa shape index (κ1) is 8.92. The second kappa shape index (κ2) is 3.07. The van der Waals surface area contributed by atoms with Crippen molar-refractivity contribution < 1.29 is 4.79 Å². The molecule has 1 aliphatic heterocycles. The average Bonchev–Trinajstić information content (AvgIpc) is 3.01. The van der Waals surface area contributed by atoms with Gasteiger partial charge in [-0.15, -0.1) is 0 Å². The SMILES string of the molecule is Cc1ccc([C@@H]2NNC(=O)[C@@H]3C[C@@H]32)cc1. The number of hydrogen-bond donors (Lipinski definition) is 2. The molecule has 3 nitrogen and oxygen atoms in total. The minimum Gasteiger partial charge on any atom is -0.291 e. The van der Waals surface area contributed by atoms with Crippen molar-refractivity contribution in [1.82, 2.24) is 10.9 Å². The van der Waals surface area contributed by atoms with E-state index >= 15 is 0 Å². The fourth-order valence-electron chi connectivity index (χ4n) is 2.34. The molecule has 1 aromatic rings. The molecule has 0 unspecified atom stereocenters. The van der Waals surface area contributed by atoms with Crippen molar-refractivity contribution in [2.75, 3.05) is 0 Å². The maximum Gasteiger partial charge on any atom is 0.237 e. The Balaban J connectivity index is 1.84. The average molecular weight is 202 g/mol. The van der Waals surface area contributed by atoms with Gasteiger partial charge in [0.1, 0.15) is 0 Å². The van der Waals surface area contributed by atoms with Crippen LogP contribution >= 0.6 is 0 Å². The van der Waals surface area contributed by atoms with Crippen molar-refractivity contribution in [3.05, 3.63) is 35.4 Å². The van der Waals surface area contributed by atoms with Gasteiger partial charge in [0.05, 0.1) is 6.04 Å². The molecule has 0 bridgehead atoms. The van der Waals surface area contributed by atoms with E-state index in [-0.39, 0.29) is 11.8 Å². The molecule has 2 fully saturated rings. The molecule has 2 N–H and O–H groups in total. The molecule has 1 aliphatic carbocycles. The van der Waals surface area contributed by atoms with Crippen molar-refractivity contribution in [3.63, 3.8) is 0 Å². The summed E-state index contributed by atoms with van der Waals surface area (Å²) in [6.45, 7) is 2.08. The molecule has 1 aromatic carbocycles. The Morgan fingerprint density at radius 3 is 2.73 bits per heavy atom. The molecule has 78 valence electrons. The fourth-order valence-corrected chi connectivity index (χ4v) is 2.34. The molecule has 1 heterocycles. The van der Waals surface area contributed by atoms with Crippen LogP contribution in [0.2, 0.25) is 0 Å². The highest BCUT2D eigenvalue weighted by atomic mass is 16.2. The fraction of sp³-hybridized carbons (Fsp3) is 0.417. The Morgan fingerprint density at radius 1 is 1.27 bits per heavy atom. The van der Waals surface area contributed by atoms with Gasteiger partial charge in [-0.05, 0) is 24.8 Å². The summed E-state index contributed by atoms with van der Waals surface area (Å²) >= 11 is 0. The van der Waals surface area contributed by atoms with Gasteiger partial charge in [0, 0.05) is 5.92 Å². The third-order valence-electron chi connectivity index (χ3n) is 3.39. The highest BCUT2D eigenvalue weighted by Gasteiger charge is 2.51. The summed E-state index contributed by atoms with van der Waals surface area (Å²) in [5.74, 6) is 0.905. The van der Waals surface area contributed by atoms with Crippen LogP contribution in [0.5, 0.6) is 0 Å². The molecule has 3 atom stereocenters. The molecule has 0 radical (unpaired) electrons. The number of carbonyl (C=O) groups excluding carboxylic acids is 1. The number of carbonyl (C=O) groups is 1. The van der Waals surface area contributed by atoms with Crippen LogP contribution in [0.4, 0.5) is 0 Å². The minimum absolute atomic E-state index is 0.156. The molecule has 1 amide bonds. The Kier molecular flexibility index (Phi) is 1.83. The van der Waals surface area contributed by atoms with E-state index in [1.807, 2.05) is 0 Å². The third-order valence-corrected chi connectivity index (χ3v) is 3.39. The second-order valence-corrected chi connectivity index (χ2v) is 4.53. The number of amides is 1.